The zero-order valence-electron chi connectivity index (χ0n) is 16.3. The summed E-state index contributed by atoms with van der Waals surface area (Å²) in [4.78, 5) is 8.40. The van der Waals surface area contributed by atoms with Crippen LogP contribution in [0.5, 0.6) is 0 Å². The molecule has 0 atom stereocenters. The Bertz CT molecular complexity index is 1270. The normalized spacial score (nSPS) is 12.5. The molecule has 0 amide bonds. The molecular weight excluding hydrogens is 417 g/mol. The zero-order valence-corrected chi connectivity index (χ0v) is 17.9. The van der Waals surface area contributed by atoms with Gasteiger partial charge in [0.1, 0.15) is 5.82 Å². The van der Waals surface area contributed by atoms with Crippen molar-refractivity contribution in [2.75, 3.05) is 16.2 Å². The summed E-state index contributed by atoms with van der Waals surface area (Å²) in [5.74, 6) is -1.01. The summed E-state index contributed by atoms with van der Waals surface area (Å²) in [6, 6.07) is 11.3. The molecule has 0 fully saturated rings. The molecule has 154 valence electrons. The Kier molecular flexibility index (Phi) is 5.35. The number of hydrogen-bond acceptors (Lipinski definition) is 6. The van der Waals surface area contributed by atoms with Gasteiger partial charge in [0.05, 0.1) is 18.2 Å². The first-order valence-electron chi connectivity index (χ1n) is 8.66. The highest BCUT2D eigenvalue weighted by molar-refractivity contribution is 8.09. The standard InChI is InChI=1S/C19H20FN3O4S2/c1-12(2)17-11-18(15-9-10-16(20)14-8-6-5-7-13(14)15)22-19(21-17)23(28(3,24)25)29(4,26)27/h5-12H,1-4H3. The molecule has 2 aromatic carbocycles. The first-order valence-corrected chi connectivity index (χ1v) is 12.4. The lowest BCUT2D eigenvalue weighted by Crippen LogP contribution is -2.36. The molecule has 0 spiro atoms. The molecule has 3 rings (SSSR count). The lowest BCUT2D eigenvalue weighted by Gasteiger charge is -2.20. The lowest BCUT2D eigenvalue weighted by atomic mass is 10.00. The molecule has 0 radical (unpaired) electrons. The third kappa shape index (κ3) is 4.23. The Labute approximate surface area is 169 Å². The van der Waals surface area contributed by atoms with Crippen LogP contribution in [-0.2, 0) is 20.0 Å². The third-order valence-corrected chi connectivity index (χ3v) is 7.39. The number of rotatable bonds is 5. The quantitative estimate of drug-likeness (QED) is 0.608. The molecular formula is C19H20FN3O4S2. The maximum absolute atomic E-state index is 14.2. The van der Waals surface area contributed by atoms with E-state index >= 15 is 0 Å². The predicted molar refractivity (Wildman–Crippen MR) is 111 cm³/mol. The van der Waals surface area contributed by atoms with Crippen molar-refractivity contribution >= 4 is 36.8 Å². The number of fused-ring (bicyclic) bond motifs is 1. The fraction of sp³-hybridized carbons (Fsp3) is 0.263. The van der Waals surface area contributed by atoms with Gasteiger partial charge >= 0.3 is 0 Å². The van der Waals surface area contributed by atoms with Crippen LogP contribution in [-0.4, -0.2) is 39.3 Å². The van der Waals surface area contributed by atoms with Gasteiger partial charge in [0, 0.05) is 16.6 Å². The number of anilines is 1. The molecule has 0 saturated heterocycles. The number of halogens is 1. The SMILES string of the molecule is CC(C)c1cc(-c2ccc(F)c3ccccc23)nc(N(S(C)(=O)=O)S(C)(=O)=O)n1. The van der Waals surface area contributed by atoms with Crippen molar-refractivity contribution in [2.24, 2.45) is 0 Å². The van der Waals surface area contributed by atoms with Gasteiger partial charge in [0.15, 0.2) is 0 Å². The van der Waals surface area contributed by atoms with E-state index in [9.17, 15) is 21.2 Å². The number of benzene rings is 2. The number of nitrogens with zero attached hydrogens (tertiary/aromatic N) is 3. The second kappa shape index (κ2) is 7.34. The van der Waals surface area contributed by atoms with Crippen molar-refractivity contribution in [3.8, 4) is 11.3 Å². The zero-order chi connectivity index (χ0) is 21.6. The van der Waals surface area contributed by atoms with Crippen LogP contribution in [0.1, 0.15) is 25.5 Å². The lowest BCUT2D eigenvalue weighted by molar-refractivity contribution is 0.589. The summed E-state index contributed by atoms with van der Waals surface area (Å²) in [6.07, 6.45) is 1.54. The van der Waals surface area contributed by atoms with Gasteiger partial charge in [-0.1, -0.05) is 38.1 Å². The van der Waals surface area contributed by atoms with Crippen LogP contribution in [0, 0.1) is 5.82 Å². The van der Waals surface area contributed by atoms with Crippen LogP contribution in [0.25, 0.3) is 22.0 Å². The van der Waals surface area contributed by atoms with E-state index in [1.807, 2.05) is 13.8 Å². The largest absolute Gasteiger partial charge is 0.254 e. The number of aromatic nitrogens is 2. The summed E-state index contributed by atoms with van der Waals surface area (Å²) in [7, 11) is -8.41. The van der Waals surface area contributed by atoms with E-state index in [4.69, 9.17) is 0 Å². The van der Waals surface area contributed by atoms with E-state index in [1.165, 1.54) is 12.1 Å². The highest BCUT2D eigenvalue weighted by atomic mass is 32.3. The summed E-state index contributed by atoms with van der Waals surface area (Å²) in [5, 5.41) is 0.941. The highest BCUT2D eigenvalue weighted by Crippen LogP contribution is 2.32. The third-order valence-electron chi connectivity index (χ3n) is 4.24. The first-order chi connectivity index (χ1) is 13.4. The summed E-state index contributed by atoms with van der Waals surface area (Å²) < 4.78 is 63.1. The second-order valence-corrected chi connectivity index (χ2v) is 10.9. The fourth-order valence-corrected chi connectivity index (χ4v) is 5.72. The minimum absolute atomic E-state index is 0.136. The van der Waals surface area contributed by atoms with E-state index in [0.29, 0.717) is 27.7 Å². The maximum atomic E-state index is 14.2. The molecule has 7 nitrogen and oxygen atoms in total. The summed E-state index contributed by atoms with van der Waals surface area (Å²) in [5.41, 5.74) is 1.29. The molecule has 1 heterocycles. The first kappa shape index (κ1) is 21.1. The number of sulfonamides is 2. The van der Waals surface area contributed by atoms with E-state index in [-0.39, 0.29) is 9.63 Å². The van der Waals surface area contributed by atoms with Crippen molar-refractivity contribution < 1.29 is 21.2 Å². The summed E-state index contributed by atoms with van der Waals surface area (Å²) >= 11 is 0. The van der Waals surface area contributed by atoms with Crippen molar-refractivity contribution in [2.45, 2.75) is 19.8 Å². The van der Waals surface area contributed by atoms with E-state index in [2.05, 4.69) is 9.97 Å². The molecule has 0 N–H and O–H groups in total. The van der Waals surface area contributed by atoms with Gasteiger partial charge in [-0.3, -0.25) is 0 Å². The smallest absolute Gasteiger partial charge is 0.216 e. The van der Waals surface area contributed by atoms with Gasteiger partial charge < -0.3 is 0 Å². The van der Waals surface area contributed by atoms with E-state index < -0.39 is 31.8 Å². The molecule has 0 saturated carbocycles. The van der Waals surface area contributed by atoms with Crippen LogP contribution in [0.2, 0.25) is 0 Å². The molecule has 0 unspecified atom stereocenters. The van der Waals surface area contributed by atoms with Crippen LogP contribution in [0.4, 0.5) is 10.3 Å². The molecule has 0 aliphatic carbocycles. The van der Waals surface area contributed by atoms with Crippen molar-refractivity contribution in [1.29, 1.82) is 0 Å². The van der Waals surface area contributed by atoms with Gasteiger partial charge in [-0.15, -0.1) is 3.71 Å². The van der Waals surface area contributed by atoms with Crippen LogP contribution >= 0.6 is 0 Å². The topological polar surface area (TPSA) is 97.3 Å². The van der Waals surface area contributed by atoms with Crippen LogP contribution < -0.4 is 3.71 Å². The van der Waals surface area contributed by atoms with Crippen molar-refractivity contribution in [3.05, 3.63) is 54.0 Å². The molecule has 0 bridgehead atoms. The molecule has 29 heavy (non-hydrogen) atoms. The van der Waals surface area contributed by atoms with Gasteiger partial charge in [0.25, 0.3) is 5.95 Å². The second-order valence-electron chi connectivity index (χ2n) is 7.00. The highest BCUT2D eigenvalue weighted by Gasteiger charge is 2.31. The molecule has 0 aliphatic heterocycles. The predicted octanol–water partition coefficient (Wildman–Crippen LogP) is 3.28. The Hall–Kier alpha value is -2.59. The van der Waals surface area contributed by atoms with Crippen LogP contribution in [0.15, 0.2) is 42.5 Å². The Morgan fingerprint density at radius 1 is 0.897 bits per heavy atom. The molecule has 0 aliphatic rings. The summed E-state index contributed by atoms with van der Waals surface area (Å²) in [6.45, 7) is 3.67. The molecule has 1 aromatic heterocycles. The van der Waals surface area contributed by atoms with Crippen LogP contribution in [0.3, 0.4) is 0 Å². The van der Waals surface area contributed by atoms with Crippen molar-refractivity contribution in [1.82, 2.24) is 9.97 Å². The Balaban J connectivity index is 2.37. The van der Waals surface area contributed by atoms with Crippen molar-refractivity contribution in [3.63, 3.8) is 0 Å². The van der Waals surface area contributed by atoms with E-state index in [1.54, 1.807) is 30.3 Å². The average Bonchev–Trinajstić information content (AvgIpc) is 2.59. The monoisotopic (exact) mass is 437 g/mol. The van der Waals surface area contributed by atoms with Gasteiger partial charge in [-0.05, 0) is 29.5 Å². The molecule has 10 heteroatoms. The Morgan fingerprint density at radius 2 is 1.48 bits per heavy atom. The van der Waals surface area contributed by atoms with Gasteiger partial charge in [0.2, 0.25) is 20.0 Å². The number of hydrogen-bond donors (Lipinski definition) is 0. The van der Waals surface area contributed by atoms with Gasteiger partial charge in [-0.2, -0.15) is 0 Å². The Morgan fingerprint density at radius 3 is 2.03 bits per heavy atom. The van der Waals surface area contributed by atoms with Gasteiger partial charge in [-0.25, -0.2) is 31.2 Å². The average molecular weight is 438 g/mol. The minimum Gasteiger partial charge on any atom is -0.216 e. The molecule has 3 aromatic rings. The fourth-order valence-electron chi connectivity index (χ4n) is 3.00. The minimum atomic E-state index is -4.21. The van der Waals surface area contributed by atoms with E-state index in [0.717, 1.165) is 12.5 Å². The maximum Gasteiger partial charge on any atom is 0.254 e.